The molecule has 10 heteroatoms. The number of aromatic amines is 1. The largest absolute Gasteiger partial charge is 0.474 e. The van der Waals surface area contributed by atoms with Crippen LogP contribution in [0.15, 0.2) is 24.4 Å². The Kier molecular flexibility index (Phi) is 5.58. The van der Waals surface area contributed by atoms with E-state index < -0.39 is 0 Å². The van der Waals surface area contributed by atoms with Crippen molar-refractivity contribution in [2.75, 3.05) is 13.2 Å². The number of hydrogen-bond donors (Lipinski definition) is 1. The number of aryl methyl sites for hydroxylation is 2. The Morgan fingerprint density at radius 2 is 2.13 bits per heavy atom. The Morgan fingerprint density at radius 1 is 1.26 bits per heavy atom. The molecular weight excluding hydrogens is 526 g/mol. The SMILES string of the molecule is Cc1[nH]nc2c1/C=C/c1nn(PI)c3ccc(cc13)-c1cnn(C)c1C(C)OCCO2. The van der Waals surface area contributed by atoms with Crippen LogP contribution in [-0.4, -0.2) is 42.7 Å². The minimum absolute atomic E-state index is 0.136. The maximum absolute atomic E-state index is 6.10. The van der Waals surface area contributed by atoms with E-state index in [-0.39, 0.29) is 6.10 Å². The molecule has 4 heterocycles. The maximum Gasteiger partial charge on any atom is 0.240 e. The van der Waals surface area contributed by atoms with E-state index in [4.69, 9.17) is 14.6 Å². The van der Waals surface area contributed by atoms with Crippen molar-refractivity contribution in [1.82, 2.24) is 29.5 Å². The van der Waals surface area contributed by atoms with Gasteiger partial charge in [-0.1, -0.05) is 6.07 Å². The summed E-state index contributed by atoms with van der Waals surface area (Å²) < 4.78 is 15.9. The van der Waals surface area contributed by atoms with Crippen molar-refractivity contribution in [2.45, 2.75) is 20.0 Å². The number of H-pyrrole nitrogens is 1. The second-order valence-corrected chi connectivity index (χ2v) is 9.48. The van der Waals surface area contributed by atoms with Crippen LogP contribution in [0.25, 0.3) is 34.2 Å². The molecule has 0 saturated carbocycles. The lowest BCUT2D eigenvalue weighted by Crippen LogP contribution is -2.13. The van der Waals surface area contributed by atoms with Crippen LogP contribution in [-0.2, 0) is 11.8 Å². The lowest BCUT2D eigenvalue weighted by Gasteiger charge is -2.16. The van der Waals surface area contributed by atoms with Gasteiger partial charge >= 0.3 is 0 Å². The summed E-state index contributed by atoms with van der Waals surface area (Å²) in [5, 5.41) is 17.8. The first-order chi connectivity index (χ1) is 15.1. The molecular formula is C21H22IN6O2P. The van der Waals surface area contributed by atoms with E-state index in [0.717, 1.165) is 44.7 Å². The summed E-state index contributed by atoms with van der Waals surface area (Å²) in [7, 11) is 1.95. The van der Waals surface area contributed by atoms with Gasteiger partial charge in [0.05, 0.1) is 47.7 Å². The molecule has 2 bridgehead atoms. The van der Waals surface area contributed by atoms with Crippen molar-refractivity contribution < 1.29 is 9.47 Å². The molecule has 0 aliphatic carbocycles. The van der Waals surface area contributed by atoms with E-state index >= 15 is 0 Å². The Morgan fingerprint density at radius 3 is 2.97 bits per heavy atom. The number of benzene rings is 1. The Balaban J connectivity index is 1.72. The Hall–Kier alpha value is -2.23. The average Bonchev–Trinajstić information content (AvgIpc) is 3.43. The van der Waals surface area contributed by atoms with Crippen LogP contribution in [0.1, 0.15) is 35.7 Å². The molecule has 160 valence electrons. The van der Waals surface area contributed by atoms with Crippen molar-refractivity contribution in [3.8, 4) is 17.0 Å². The highest BCUT2D eigenvalue weighted by Crippen LogP contribution is 2.36. The van der Waals surface area contributed by atoms with Crippen LogP contribution >= 0.6 is 28.4 Å². The molecule has 0 amide bonds. The molecule has 1 aliphatic heterocycles. The van der Waals surface area contributed by atoms with Crippen molar-refractivity contribution in [2.24, 2.45) is 7.05 Å². The van der Waals surface area contributed by atoms with Gasteiger partial charge in [0.25, 0.3) is 0 Å². The topological polar surface area (TPSA) is 82.8 Å². The van der Waals surface area contributed by atoms with Crippen LogP contribution in [0.5, 0.6) is 5.88 Å². The van der Waals surface area contributed by atoms with Crippen LogP contribution in [0.4, 0.5) is 0 Å². The summed E-state index contributed by atoms with van der Waals surface area (Å²) in [5.41, 5.74) is 7.09. The first kappa shape index (κ1) is 20.7. The van der Waals surface area contributed by atoms with E-state index in [9.17, 15) is 0 Å². The fourth-order valence-electron chi connectivity index (χ4n) is 3.97. The molecule has 31 heavy (non-hydrogen) atoms. The molecule has 1 aromatic carbocycles. The number of aromatic nitrogens is 6. The number of halogens is 1. The minimum Gasteiger partial charge on any atom is -0.474 e. The molecule has 0 fully saturated rings. The van der Waals surface area contributed by atoms with Gasteiger partial charge in [-0.05, 0) is 65.7 Å². The van der Waals surface area contributed by atoms with Gasteiger partial charge in [-0.3, -0.25) is 9.78 Å². The molecule has 3 aromatic heterocycles. The van der Waals surface area contributed by atoms with E-state index in [1.165, 1.54) is 0 Å². The predicted octanol–water partition coefficient (Wildman–Crippen LogP) is 4.90. The zero-order chi connectivity index (χ0) is 21.5. The summed E-state index contributed by atoms with van der Waals surface area (Å²) in [4.78, 5) is 0. The first-order valence-electron chi connectivity index (χ1n) is 9.96. The third-order valence-electron chi connectivity index (χ3n) is 5.53. The molecule has 0 radical (unpaired) electrons. The summed E-state index contributed by atoms with van der Waals surface area (Å²) in [6.45, 7) is 4.88. The molecule has 8 nitrogen and oxygen atoms in total. The average molecular weight is 548 g/mol. The Labute approximate surface area is 194 Å². The molecule has 1 N–H and O–H groups in total. The maximum atomic E-state index is 6.10. The van der Waals surface area contributed by atoms with Gasteiger partial charge < -0.3 is 9.47 Å². The van der Waals surface area contributed by atoms with Crippen LogP contribution in [0.3, 0.4) is 0 Å². The van der Waals surface area contributed by atoms with Crippen molar-refractivity contribution >= 4 is 51.5 Å². The molecule has 2 unspecified atom stereocenters. The highest BCUT2D eigenvalue weighted by atomic mass is 127. The van der Waals surface area contributed by atoms with Crippen molar-refractivity contribution in [3.05, 3.63) is 47.0 Å². The number of nitrogens with one attached hydrogen (secondary N) is 1. The van der Waals surface area contributed by atoms with E-state index in [1.54, 1.807) is 0 Å². The standard InChI is InChI=1S/C21H22IN6O2P/c1-12-15-5-6-18-16-10-14(4-7-19(16)28(26-18)31-22)17-11-23-27(3)20(17)13(2)29-8-9-30-21(15)25-24-12/h4-7,10-11,13,31H,8-9H2,1-3H3,(H,24,25)/b6-5+. The molecule has 1 aliphatic rings. The number of nitrogens with zero attached hydrogens (tertiary/aromatic N) is 5. The molecule has 4 aromatic rings. The number of ether oxygens (including phenoxy) is 2. The van der Waals surface area contributed by atoms with Crippen molar-refractivity contribution in [3.63, 3.8) is 0 Å². The van der Waals surface area contributed by atoms with Gasteiger partial charge in [0.1, 0.15) is 6.61 Å². The molecule has 0 spiro atoms. The third-order valence-corrected chi connectivity index (χ3v) is 7.40. The van der Waals surface area contributed by atoms with Gasteiger partial charge in [-0.25, -0.2) is 4.45 Å². The van der Waals surface area contributed by atoms with Gasteiger partial charge in [-0.15, -0.1) is 5.10 Å². The molecule has 2 atom stereocenters. The van der Waals surface area contributed by atoms with Crippen LogP contribution in [0, 0.1) is 6.92 Å². The molecule has 0 saturated heterocycles. The second kappa shape index (κ2) is 8.37. The number of fused-ring (bicyclic) bond motifs is 4. The number of hydrogen-bond acceptors (Lipinski definition) is 5. The highest BCUT2D eigenvalue weighted by molar-refractivity contribution is 14.2. The normalized spacial score (nSPS) is 18.0. The molecule has 5 rings (SSSR count). The summed E-state index contributed by atoms with van der Waals surface area (Å²) >= 11 is 2.36. The van der Waals surface area contributed by atoms with Gasteiger partial charge in [0.15, 0.2) is 0 Å². The van der Waals surface area contributed by atoms with E-state index in [1.807, 2.05) is 48.4 Å². The predicted molar refractivity (Wildman–Crippen MR) is 132 cm³/mol. The minimum atomic E-state index is -0.136. The zero-order valence-corrected chi connectivity index (χ0v) is 20.5. The van der Waals surface area contributed by atoms with Crippen LogP contribution < -0.4 is 4.74 Å². The lowest BCUT2D eigenvalue weighted by molar-refractivity contribution is 0.0388. The van der Waals surface area contributed by atoms with Gasteiger partial charge in [0, 0.05) is 23.7 Å². The smallest absolute Gasteiger partial charge is 0.240 e. The second-order valence-electron chi connectivity index (χ2n) is 7.44. The van der Waals surface area contributed by atoms with Crippen molar-refractivity contribution in [1.29, 1.82) is 0 Å². The first-order valence-corrected chi connectivity index (χ1v) is 14.0. The fourth-order valence-corrected chi connectivity index (χ4v) is 5.51. The van der Waals surface area contributed by atoms with Gasteiger partial charge in [0.2, 0.25) is 5.88 Å². The fraction of sp³-hybridized carbons (Fsp3) is 0.286. The monoisotopic (exact) mass is 548 g/mol. The van der Waals surface area contributed by atoms with Gasteiger partial charge in [-0.2, -0.15) is 10.2 Å². The Bertz CT molecular complexity index is 1290. The summed E-state index contributed by atoms with van der Waals surface area (Å²) in [5.74, 6) is 0.571. The lowest BCUT2D eigenvalue weighted by atomic mass is 10.0. The van der Waals surface area contributed by atoms with Crippen LogP contribution in [0.2, 0.25) is 0 Å². The summed E-state index contributed by atoms with van der Waals surface area (Å²) in [6.07, 6.45) is 6.33. The number of rotatable bonds is 1. The third kappa shape index (κ3) is 3.68. The highest BCUT2D eigenvalue weighted by Gasteiger charge is 2.20. The van der Waals surface area contributed by atoms with E-state index in [0.29, 0.717) is 25.5 Å². The quantitative estimate of drug-likeness (QED) is 0.271. The van der Waals surface area contributed by atoms with E-state index in [2.05, 4.69) is 55.5 Å². The summed E-state index contributed by atoms with van der Waals surface area (Å²) in [6, 6.07) is 6.47. The zero-order valence-electron chi connectivity index (χ0n) is 17.4.